The Morgan fingerprint density at radius 1 is 1.50 bits per heavy atom. The van der Waals surface area contributed by atoms with Crippen LogP contribution in [0, 0.1) is 0 Å². The second-order valence-corrected chi connectivity index (χ2v) is 1.94. The van der Waals surface area contributed by atoms with Crippen molar-refractivity contribution in [3.63, 3.8) is 0 Å². The molecule has 0 amide bonds. The minimum Gasteiger partial charge on any atom is -0.496 e. The van der Waals surface area contributed by atoms with Crippen molar-refractivity contribution in [3.8, 4) is 0 Å². The summed E-state index contributed by atoms with van der Waals surface area (Å²) in [5.74, 6) is -0.104. The second kappa shape index (κ2) is 3.88. The predicted molar refractivity (Wildman–Crippen MR) is 40.2 cm³/mol. The maximum absolute atomic E-state index is 12.1. The molecule has 56 valence electrons. The Balaban J connectivity index is 4.34. The summed E-state index contributed by atoms with van der Waals surface area (Å²) in [6.45, 7) is 8.37. The predicted octanol–water partition coefficient (Wildman–Crippen LogP) is 2.58. The van der Waals surface area contributed by atoms with Gasteiger partial charge in [-0.3, -0.25) is 0 Å². The molecule has 0 atom stereocenters. The molecule has 0 N–H and O–H groups in total. The average Bonchev–Trinajstić information content (AvgIpc) is 1.81. The van der Waals surface area contributed by atoms with E-state index in [0.29, 0.717) is 11.3 Å². The molecule has 0 saturated carbocycles. The molecule has 0 aliphatic rings. The van der Waals surface area contributed by atoms with Crippen molar-refractivity contribution in [1.82, 2.24) is 0 Å². The van der Waals surface area contributed by atoms with Gasteiger partial charge >= 0.3 is 0 Å². The molecule has 0 saturated heterocycles. The second-order valence-electron chi connectivity index (χ2n) is 1.94. The molecule has 0 aromatic carbocycles. The van der Waals surface area contributed by atoms with E-state index in [1.807, 2.05) is 0 Å². The number of rotatable bonds is 3. The van der Waals surface area contributed by atoms with Gasteiger partial charge < -0.3 is 4.74 Å². The molecule has 10 heavy (non-hydrogen) atoms. The summed E-state index contributed by atoms with van der Waals surface area (Å²) in [7, 11) is 1.46. The third-order valence-corrected chi connectivity index (χ3v) is 0.928. The zero-order valence-electron chi connectivity index (χ0n) is 6.28. The van der Waals surface area contributed by atoms with Crippen LogP contribution in [0.25, 0.3) is 0 Å². The molecule has 0 heterocycles. The molecule has 0 aromatic heterocycles. The maximum Gasteiger partial charge on any atom is 0.124 e. The fourth-order valence-electron chi connectivity index (χ4n) is 0.499. The summed E-state index contributed by atoms with van der Waals surface area (Å²) < 4.78 is 16.9. The highest BCUT2D eigenvalue weighted by atomic mass is 19.1. The molecule has 1 nitrogen and oxygen atoms in total. The van der Waals surface area contributed by atoms with Gasteiger partial charge in [-0.15, -0.1) is 0 Å². The van der Waals surface area contributed by atoms with Gasteiger partial charge in [0.2, 0.25) is 0 Å². The number of allylic oxidation sites excluding steroid dienone is 3. The van der Waals surface area contributed by atoms with Gasteiger partial charge in [0.1, 0.15) is 11.6 Å². The van der Waals surface area contributed by atoms with Crippen LogP contribution in [0.5, 0.6) is 0 Å². The zero-order valence-corrected chi connectivity index (χ0v) is 6.28. The normalized spacial score (nSPS) is 10.9. The van der Waals surface area contributed by atoms with Gasteiger partial charge in [-0.2, -0.15) is 0 Å². The summed E-state index contributed by atoms with van der Waals surface area (Å²) >= 11 is 0. The number of methoxy groups -OCH3 is 1. The highest BCUT2D eigenvalue weighted by Crippen LogP contribution is 2.10. The third kappa shape index (κ3) is 3.07. The van der Waals surface area contributed by atoms with E-state index in [1.54, 1.807) is 6.92 Å². The van der Waals surface area contributed by atoms with Gasteiger partial charge in [0.15, 0.2) is 0 Å². The standard InChI is InChI=1S/C8H11FO/c1-6(2)8(10-4)5-7(3)9/h5H,1,3H2,2,4H3/b8-5+. The van der Waals surface area contributed by atoms with Gasteiger partial charge in [-0.1, -0.05) is 13.2 Å². The third-order valence-electron chi connectivity index (χ3n) is 0.928. The summed E-state index contributed by atoms with van der Waals surface area (Å²) in [4.78, 5) is 0. The fraction of sp³-hybridized carbons (Fsp3) is 0.250. The largest absolute Gasteiger partial charge is 0.496 e. The average molecular weight is 142 g/mol. The molecule has 2 heteroatoms. The Morgan fingerprint density at radius 3 is 2.10 bits per heavy atom. The highest BCUT2D eigenvalue weighted by Gasteiger charge is 1.95. The lowest BCUT2D eigenvalue weighted by molar-refractivity contribution is 0.299. The first-order chi connectivity index (χ1) is 4.57. The van der Waals surface area contributed by atoms with Crippen LogP contribution in [0.4, 0.5) is 4.39 Å². The van der Waals surface area contributed by atoms with Crippen molar-refractivity contribution >= 4 is 0 Å². The van der Waals surface area contributed by atoms with Gasteiger partial charge in [0.25, 0.3) is 0 Å². The van der Waals surface area contributed by atoms with Crippen LogP contribution >= 0.6 is 0 Å². The molecule has 0 radical (unpaired) electrons. The minimum absolute atomic E-state index is 0.424. The van der Waals surface area contributed by atoms with Crippen LogP contribution < -0.4 is 0 Å². The maximum atomic E-state index is 12.1. The number of halogens is 1. The lowest BCUT2D eigenvalue weighted by atomic mass is 10.2. The first kappa shape index (κ1) is 8.95. The molecule has 0 unspecified atom stereocenters. The highest BCUT2D eigenvalue weighted by molar-refractivity contribution is 5.25. The summed E-state index contributed by atoms with van der Waals surface area (Å²) in [5.41, 5.74) is 0.682. The van der Waals surface area contributed by atoms with Crippen LogP contribution in [0.3, 0.4) is 0 Å². The first-order valence-corrected chi connectivity index (χ1v) is 2.84. The Labute approximate surface area is 60.5 Å². The van der Waals surface area contributed by atoms with Crippen LogP contribution in [-0.2, 0) is 4.74 Å². The zero-order chi connectivity index (χ0) is 8.15. The summed E-state index contributed by atoms with van der Waals surface area (Å²) in [5, 5.41) is 0. The van der Waals surface area contributed by atoms with Gasteiger partial charge in [0, 0.05) is 6.08 Å². The Kier molecular flexibility index (Phi) is 3.47. The van der Waals surface area contributed by atoms with E-state index in [0.717, 1.165) is 0 Å². The fourth-order valence-corrected chi connectivity index (χ4v) is 0.499. The van der Waals surface area contributed by atoms with Gasteiger partial charge in [-0.05, 0) is 12.5 Å². The molecule has 0 fully saturated rings. The van der Waals surface area contributed by atoms with E-state index in [4.69, 9.17) is 4.74 Å². The Bertz CT molecular complexity index is 180. The quantitative estimate of drug-likeness (QED) is 0.434. The lowest BCUT2D eigenvalue weighted by Crippen LogP contribution is -1.86. The van der Waals surface area contributed by atoms with Crippen molar-refractivity contribution in [2.24, 2.45) is 0 Å². The monoisotopic (exact) mass is 142 g/mol. The van der Waals surface area contributed by atoms with E-state index in [-0.39, 0.29) is 0 Å². The first-order valence-electron chi connectivity index (χ1n) is 2.84. The smallest absolute Gasteiger partial charge is 0.124 e. The lowest BCUT2D eigenvalue weighted by Gasteiger charge is -2.02. The van der Waals surface area contributed by atoms with E-state index >= 15 is 0 Å². The Morgan fingerprint density at radius 2 is 2.00 bits per heavy atom. The molecule has 0 aromatic rings. The van der Waals surface area contributed by atoms with Crippen LogP contribution in [0.2, 0.25) is 0 Å². The van der Waals surface area contributed by atoms with Gasteiger partial charge in [-0.25, -0.2) is 4.39 Å². The van der Waals surface area contributed by atoms with Crippen LogP contribution in [0.15, 0.2) is 36.4 Å². The van der Waals surface area contributed by atoms with Crippen molar-refractivity contribution in [3.05, 3.63) is 36.4 Å². The molecule has 0 aliphatic heterocycles. The SMILES string of the molecule is C=C(F)/C=C(/OC)C(=C)C. The molecule has 0 rings (SSSR count). The van der Waals surface area contributed by atoms with Crippen molar-refractivity contribution in [2.75, 3.05) is 7.11 Å². The van der Waals surface area contributed by atoms with Crippen LogP contribution in [0.1, 0.15) is 6.92 Å². The van der Waals surface area contributed by atoms with E-state index in [9.17, 15) is 4.39 Å². The molecular weight excluding hydrogens is 131 g/mol. The van der Waals surface area contributed by atoms with E-state index in [2.05, 4.69) is 13.2 Å². The van der Waals surface area contributed by atoms with Crippen molar-refractivity contribution in [2.45, 2.75) is 6.92 Å². The van der Waals surface area contributed by atoms with Crippen molar-refractivity contribution < 1.29 is 9.13 Å². The van der Waals surface area contributed by atoms with Crippen LogP contribution in [-0.4, -0.2) is 7.11 Å². The minimum atomic E-state index is -0.528. The molecule has 0 aliphatic carbocycles. The van der Waals surface area contributed by atoms with Crippen molar-refractivity contribution in [1.29, 1.82) is 0 Å². The summed E-state index contributed by atoms with van der Waals surface area (Å²) in [6, 6.07) is 0. The molecular formula is C8H11FO. The number of ether oxygens (including phenoxy) is 1. The van der Waals surface area contributed by atoms with Gasteiger partial charge in [0.05, 0.1) is 7.11 Å². The van der Waals surface area contributed by atoms with E-state index in [1.165, 1.54) is 13.2 Å². The number of hydrogen-bond acceptors (Lipinski definition) is 1. The number of hydrogen-bond donors (Lipinski definition) is 0. The summed E-state index contributed by atoms with van der Waals surface area (Å²) in [6.07, 6.45) is 1.20. The van der Waals surface area contributed by atoms with E-state index < -0.39 is 5.83 Å². The molecule has 0 spiro atoms. The Hall–Kier alpha value is -1.05. The topological polar surface area (TPSA) is 9.23 Å². The molecule has 0 bridgehead atoms.